The number of hydrogen-bond acceptors (Lipinski definition) is 31. The number of hydrazine groups is 1. The number of hydrogen-bond donors (Lipinski definition) is 12. The third-order valence-electron chi connectivity index (χ3n) is 11.2. The summed E-state index contributed by atoms with van der Waals surface area (Å²) in [6.45, 7) is 7.70. The highest BCUT2D eigenvalue weighted by Gasteiger charge is 2.59. The molecule has 44 heteroatoms. The number of nitrogens with one attached hydrogen (secondary N) is 5. The number of aliphatic hydroxyl groups is 4. The van der Waals surface area contributed by atoms with Gasteiger partial charge < -0.3 is 78.3 Å². The van der Waals surface area contributed by atoms with Crippen molar-refractivity contribution in [2.45, 2.75) is 189 Å². The number of carbonyl (C=O) groups excluding carboxylic acids is 4. The van der Waals surface area contributed by atoms with Crippen LogP contribution in [0.4, 0.5) is 0 Å². The van der Waals surface area contributed by atoms with Crippen molar-refractivity contribution in [3.63, 3.8) is 0 Å². The van der Waals surface area contributed by atoms with Crippen LogP contribution in [0.3, 0.4) is 0 Å². The second-order valence-electron chi connectivity index (χ2n) is 20.6. The molecular formula is C38H66N5O34S5-. The van der Waals surface area contributed by atoms with Gasteiger partial charge in [0.05, 0.1) is 42.9 Å². The van der Waals surface area contributed by atoms with E-state index < -0.39 is 222 Å². The standard InChI is InChI=1S/C38H67N5O34S5/c1-13(44)39-17-20(46)24(16(12-67-82(63,64)65)69-35(17)76-38(6,7)8)71-36-28(77-79(10,55)56)23(49)26(30(74-36)32(51)52)72-33-19(43-80(57,58)59)21(47)25(15(68-33)11-66-81(60,61)62)70-34-18(42-78(9,53)54)22(48)27(75-37(3,4)5)29(73-34)31(50)41-40-14(2)45/h15-30,33-36,42-43,46-49H,11-12H2,1-10H3,(H,39,44)(H,40,45)(H,41,50)(H,51,52)(H,57,58,59)(H,60,61,62)(H,63,64,65)/p-1/t15?,16?,17?,18?,19?,20-,21-,22-,23+,24-,25-,26+,27+,28?,29?,30?,33+,34-,35+,36-/m1/s1. The molecule has 4 aliphatic heterocycles. The fraction of sp³-hybridized carbons (Fsp3) is 0.895. The molecule has 4 rings (SSSR count). The van der Waals surface area contributed by atoms with Gasteiger partial charge in [0.15, 0.2) is 37.4 Å². The van der Waals surface area contributed by atoms with E-state index in [1.165, 1.54) is 46.3 Å². The Kier molecular flexibility index (Phi) is 23.7. The number of aliphatic carboxylic acids is 1. The largest absolute Gasteiger partial charge is 0.547 e. The molecule has 0 spiro atoms. The summed E-state index contributed by atoms with van der Waals surface area (Å²) in [4.78, 5) is 50.6. The summed E-state index contributed by atoms with van der Waals surface area (Å²) in [6.07, 6.45) is -40.7. The molecule has 12 N–H and O–H groups in total. The van der Waals surface area contributed by atoms with E-state index in [1.807, 2.05) is 15.6 Å². The molecule has 0 aromatic rings. The van der Waals surface area contributed by atoms with Crippen LogP contribution in [0.2, 0.25) is 0 Å². The van der Waals surface area contributed by atoms with Crippen molar-refractivity contribution in [3.8, 4) is 0 Å². The lowest BCUT2D eigenvalue weighted by molar-refractivity contribution is -0.383. The molecule has 4 saturated heterocycles. The molecule has 0 aromatic heterocycles. The van der Waals surface area contributed by atoms with E-state index in [0.29, 0.717) is 12.5 Å². The lowest BCUT2D eigenvalue weighted by Crippen LogP contribution is -2.72. The van der Waals surface area contributed by atoms with Crippen LogP contribution in [0, 0.1) is 0 Å². The van der Waals surface area contributed by atoms with Crippen molar-refractivity contribution < 1.29 is 156 Å². The maximum atomic E-state index is 13.5. The first kappa shape index (κ1) is 71.3. The van der Waals surface area contributed by atoms with Crippen LogP contribution in [0.15, 0.2) is 0 Å². The fourth-order valence-corrected chi connectivity index (χ4v) is 10.9. The summed E-state index contributed by atoms with van der Waals surface area (Å²) in [6, 6.07) is -6.61. The van der Waals surface area contributed by atoms with Crippen molar-refractivity contribution >= 4 is 74.9 Å². The number of rotatable bonds is 23. The molecule has 20 atom stereocenters. The predicted molar refractivity (Wildman–Crippen MR) is 258 cm³/mol. The molecule has 4 heterocycles. The number of sulfonamides is 1. The van der Waals surface area contributed by atoms with Crippen molar-refractivity contribution in [2.24, 2.45) is 0 Å². The Bertz CT molecular complexity index is 2840. The number of carboxylic acid groups (broad SMARTS) is 1. The normalized spacial score (nSPS) is 35.5. The summed E-state index contributed by atoms with van der Waals surface area (Å²) in [5.74, 6) is -5.51. The van der Waals surface area contributed by atoms with Crippen LogP contribution >= 0.6 is 0 Å². The maximum Gasteiger partial charge on any atom is 0.397 e. The van der Waals surface area contributed by atoms with Gasteiger partial charge in [-0.3, -0.25) is 43.1 Å². The summed E-state index contributed by atoms with van der Waals surface area (Å²) in [7, 11) is -26.2. The minimum absolute atomic E-state index is 0.354. The fourth-order valence-electron chi connectivity index (χ4n) is 8.36. The van der Waals surface area contributed by atoms with Gasteiger partial charge in [0.1, 0.15) is 85.3 Å². The second kappa shape index (κ2) is 27.2. The first-order chi connectivity index (χ1) is 37.0. The minimum Gasteiger partial charge on any atom is -0.547 e. The number of carbonyl (C=O) groups is 4. The Morgan fingerprint density at radius 1 is 0.524 bits per heavy atom. The SMILES string of the molecule is CC(=O)NNC(=O)C1O[C@@H](O[C@@H]2C(COS(=O)(=O)O)O[C@@H](O[C@@H]3C(C(=O)[O-])O[C@@H](O[C@@H]4C(COS(=O)(=O)O)O[C@@H](OC(C)(C)C)C(NC(C)=O)[C@H]4O)C(OS(C)(=O)=O)[C@H]3O)C(NS(=O)(=O)O)[C@H]2O)C(NS(C)(=O)=O)[C@@H](O)[C@@H]1OC(C)(C)C. The highest BCUT2D eigenvalue weighted by molar-refractivity contribution is 7.88. The number of carboxylic acids is 1. The van der Waals surface area contributed by atoms with Gasteiger partial charge in [-0.15, -0.1) is 0 Å². The molecule has 0 radical (unpaired) electrons. The molecule has 0 bridgehead atoms. The molecule has 3 amide bonds. The average Bonchev–Trinajstić information content (AvgIpc) is 3.27. The van der Waals surface area contributed by atoms with Crippen molar-refractivity contribution in [1.82, 2.24) is 25.6 Å². The topological polar surface area (TPSA) is 575 Å². The van der Waals surface area contributed by atoms with E-state index in [2.05, 4.69) is 13.7 Å². The van der Waals surface area contributed by atoms with E-state index in [1.54, 1.807) is 0 Å². The molecule has 478 valence electrons. The first-order valence-electron chi connectivity index (χ1n) is 23.6. The van der Waals surface area contributed by atoms with E-state index in [0.717, 1.165) is 13.8 Å². The van der Waals surface area contributed by atoms with E-state index >= 15 is 0 Å². The molecule has 39 nitrogen and oxygen atoms in total. The van der Waals surface area contributed by atoms with E-state index in [-0.39, 0.29) is 0 Å². The van der Waals surface area contributed by atoms with Crippen molar-refractivity contribution in [1.29, 1.82) is 0 Å². The monoisotopic (exact) mass is 1300 g/mol. The van der Waals surface area contributed by atoms with Gasteiger partial charge in [-0.05, 0) is 41.5 Å². The van der Waals surface area contributed by atoms with Gasteiger partial charge in [0.25, 0.3) is 16.0 Å². The van der Waals surface area contributed by atoms with E-state index in [9.17, 15) is 100 Å². The second-order valence-corrected chi connectivity index (χ2v) is 27.3. The molecule has 82 heavy (non-hydrogen) atoms. The van der Waals surface area contributed by atoms with Crippen LogP contribution < -0.4 is 30.7 Å². The number of amides is 3. The Morgan fingerprint density at radius 3 is 1.40 bits per heavy atom. The molecule has 4 fully saturated rings. The van der Waals surface area contributed by atoms with Crippen LogP contribution in [0.5, 0.6) is 0 Å². The Balaban J connectivity index is 1.86. The lowest BCUT2D eigenvalue weighted by Gasteiger charge is -2.51. The zero-order valence-electron chi connectivity index (χ0n) is 44.7. The quantitative estimate of drug-likeness (QED) is 0.0257. The number of aliphatic hydroxyl groups excluding tert-OH is 4. The van der Waals surface area contributed by atoms with Gasteiger partial charge in [0.2, 0.25) is 21.8 Å². The predicted octanol–water partition coefficient (Wildman–Crippen LogP) is -9.43. The molecule has 4 aliphatic rings. The zero-order valence-corrected chi connectivity index (χ0v) is 48.7. The summed E-state index contributed by atoms with van der Waals surface area (Å²) < 4.78 is 222. The zero-order chi connectivity index (χ0) is 62.8. The third-order valence-corrected chi connectivity index (χ3v) is 13.9. The van der Waals surface area contributed by atoms with Gasteiger partial charge in [-0.2, -0.15) is 38.4 Å². The molecule has 0 aromatic carbocycles. The van der Waals surface area contributed by atoms with Gasteiger partial charge in [-0.1, -0.05) is 0 Å². The summed E-state index contributed by atoms with van der Waals surface area (Å²) >= 11 is 0. The van der Waals surface area contributed by atoms with Crippen molar-refractivity contribution in [2.75, 3.05) is 25.7 Å². The Hall–Kier alpha value is -3.21. The third kappa shape index (κ3) is 21.6. The highest BCUT2D eigenvalue weighted by Crippen LogP contribution is 2.37. The van der Waals surface area contributed by atoms with Crippen LogP contribution in [0.25, 0.3) is 0 Å². The number of ether oxygens (including phenoxy) is 9. The average molecular weight is 1300 g/mol. The molecule has 0 aliphatic carbocycles. The van der Waals surface area contributed by atoms with Gasteiger partial charge >= 0.3 is 31.1 Å². The highest BCUT2D eigenvalue weighted by atomic mass is 32.3. The smallest absolute Gasteiger partial charge is 0.397 e. The first-order valence-corrected chi connectivity index (χ1v) is 31.5. The van der Waals surface area contributed by atoms with Crippen LogP contribution in [-0.4, -0.2) is 259 Å². The van der Waals surface area contributed by atoms with Crippen LogP contribution in [0.1, 0.15) is 55.4 Å². The summed E-state index contributed by atoms with van der Waals surface area (Å²) in [5.41, 5.74) is 1.40. The van der Waals surface area contributed by atoms with Crippen molar-refractivity contribution in [3.05, 3.63) is 0 Å². The molecule has 0 saturated carbocycles. The maximum absolute atomic E-state index is 13.5. The summed E-state index contributed by atoms with van der Waals surface area (Å²) in [5, 5.41) is 62.7. The van der Waals surface area contributed by atoms with Gasteiger partial charge in [-0.25, -0.2) is 21.5 Å². The lowest BCUT2D eigenvalue weighted by atomic mass is 9.93. The molecule has 8 unspecified atom stereocenters. The van der Waals surface area contributed by atoms with E-state index in [4.69, 9.17) is 46.8 Å². The minimum atomic E-state index is -5.74. The Labute approximate surface area is 469 Å². The molecular weight excluding hydrogens is 1230 g/mol. The Morgan fingerprint density at radius 2 is 0.963 bits per heavy atom. The van der Waals surface area contributed by atoms with Crippen LogP contribution in [-0.2, 0) is 126 Å². The van der Waals surface area contributed by atoms with Gasteiger partial charge in [0, 0.05) is 13.8 Å².